The molecule has 2 unspecified atom stereocenters. The van der Waals surface area contributed by atoms with Crippen molar-refractivity contribution in [2.75, 3.05) is 39.8 Å². The molecule has 4 nitrogen and oxygen atoms in total. The van der Waals surface area contributed by atoms with Crippen molar-refractivity contribution in [2.45, 2.75) is 58.2 Å². The second-order valence-corrected chi connectivity index (χ2v) is 6.96. The van der Waals surface area contributed by atoms with E-state index in [4.69, 9.17) is 0 Å². The summed E-state index contributed by atoms with van der Waals surface area (Å²) in [6.45, 7) is 13.5. The first-order valence-corrected chi connectivity index (χ1v) is 7.67. The van der Waals surface area contributed by atoms with E-state index < -0.39 is 0 Å². The number of aliphatic hydroxyl groups excluding tert-OH is 1. The quantitative estimate of drug-likeness (QED) is 0.787. The molecule has 1 rings (SSSR count). The van der Waals surface area contributed by atoms with Crippen molar-refractivity contribution < 1.29 is 5.11 Å². The average Bonchev–Trinajstić information content (AvgIpc) is 2.48. The summed E-state index contributed by atoms with van der Waals surface area (Å²) in [7, 11) is 2.20. The van der Waals surface area contributed by atoms with E-state index in [2.05, 4.69) is 49.9 Å². The van der Waals surface area contributed by atoms with Crippen LogP contribution in [0.15, 0.2) is 0 Å². The van der Waals surface area contributed by atoms with Crippen molar-refractivity contribution in [1.29, 1.82) is 0 Å². The minimum absolute atomic E-state index is 0.0736. The summed E-state index contributed by atoms with van der Waals surface area (Å²) in [6, 6.07) is 0.580. The Bertz CT molecular complexity index is 252. The SMILES string of the molecule is CCC1CN(C)CCCN1CC(O)CNC(C)(C)C. The number of nitrogens with zero attached hydrogens (tertiary/aromatic N) is 2. The van der Waals surface area contributed by atoms with Crippen LogP contribution < -0.4 is 5.32 Å². The van der Waals surface area contributed by atoms with Gasteiger partial charge < -0.3 is 15.3 Å². The van der Waals surface area contributed by atoms with Crippen molar-refractivity contribution in [3.63, 3.8) is 0 Å². The van der Waals surface area contributed by atoms with E-state index in [9.17, 15) is 5.11 Å². The number of rotatable bonds is 5. The van der Waals surface area contributed by atoms with Gasteiger partial charge in [-0.2, -0.15) is 0 Å². The van der Waals surface area contributed by atoms with Gasteiger partial charge in [-0.3, -0.25) is 4.90 Å². The Morgan fingerprint density at radius 2 is 2.00 bits per heavy atom. The smallest absolute Gasteiger partial charge is 0.0791 e. The zero-order chi connectivity index (χ0) is 14.5. The van der Waals surface area contributed by atoms with Gasteiger partial charge in [-0.1, -0.05) is 6.92 Å². The molecule has 4 heteroatoms. The second kappa shape index (κ2) is 7.58. The molecule has 1 aliphatic rings. The van der Waals surface area contributed by atoms with E-state index in [1.807, 2.05) is 0 Å². The van der Waals surface area contributed by atoms with Gasteiger partial charge in [0, 0.05) is 31.2 Å². The van der Waals surface area contributed by atoms with Gasteiger partial charge in [-0.25, -0.2) is 0 Å². The van der Waals surface area contributed by atoms with Gasteiger partial charge in [0.15, 0.2) is 0 Å². The highest BCUT2D eigenvalue weighted by molar-refractivity contribution is 4.81. The summed E-state index contributed by atoms with van der Waals surface area (Å²) >= 11 is 0. The lowest BCUT2D eigenvalue weighted by Crippen LogP contribution is -2.48. The molecule has 19 heavy (non-hydrogen) atoms. The van der Waals surface area contributed by atoms with Crippen LogP contribution in [0.25, 0.3) is 0 Å². The van der Waals surface area contributed by atoms with Crippen LogP contribution in [0.4, 0.5) is 0 Å². The number of hydrogen-bond donors (Lipinski definition) is 2. The molecule has 1 heterocycles. The fourth-order valence-electron chi connectivity index (χ4n) is 2.68. The van der Waals surface area contributed by atoms with Gasteiger partial charge in [-0.05, 0) is 53.8 Å². The number of likely N-dealkylation sites (N-methyl/N-ethyl adjacent to an activating group) is 1. The van der Waals surface area contributed by atoms with Gasteiger partial charge in [0.2, 0.25) is 0 Å². The van der Waals surface area contributed by atoms with Crippen LogP contribution in [0.5, 0.6) is 0 Å². The first-order chi connectivity index (χ1) is 8.81. The second-order valence-electron chi connectivity index (χ2n) is 6.96. The van der Waals surface area contributed by atoms with Gasteiger partial charge in [0.25, 0.3) is 0 Å². The largest absolute Gasteiger partial charge is 0.390 e. The third-order valence-corrected chi connectivity index (χ3v) is 3.81. The lowest BCUT2D eigenvalue weighted by Gasteiger charge is -2.32. The van der Waals surface area contributed by atoms with Crippen molar-refractivity contribution in [3.05, 3.63) is 0 Å². The summed E-state index contributed by atoms with van der Waals surface area (Å²) in [5.74, 6) is 0. The molecule has 0 aromatic rings. The van der Waals surface area contributed by atoms with Crippen LogP contribution in [-0.2, 0) is 0 Å². The van der Waals surface area contributed by atoms with Gasteiger partial charge in [0.1, 0.15) is 0 Å². The maximum absolute atomic E-state index is 10.2. The number of aliphatic hydroxyl groups is 1. The summed E-state index contributed by atoms with van der Waals surface area (Å²) in [5.41, 5.74) is 0.0736. The van der Waals surface area contributed by atoms with Crippen molar-refractivity contribution in [2.24, 2.45) is 0 Å². The van der Waals surface area contributed by atoms with Gasteiger partial charge in [0.05, 0.1) is 6.10 Å². The van der Waals surface area contributed by atoms with E-state index in [1.54, 1.807) is 0 Å². The summed E-state index contributed by atoms with van der Waals surface area (Å²) in [6.07, 6.45) is 2.08. The normalized spacial score (nSPS) is 25.3. The Balaban J connectivity index is 2.44. The predicted molar refractivity (Wildman–Crippen MR) is 81.5 cm³/mol. The highest BCUT2D eigenvalue weighted by atomic mass is 16.3. The van der Waals surface area contributed by atoms with Crippen LogP contribution in [0, 0.1) is 0 Å². The van der Waals surface area contributed by atoms with Crippen LogP contribution in [0.2, 0.25) is 0 Å². The summed E-state index contributed by atoms with van der Waals surface area (Å²) in [4.78, 5) is 4.88. The lowest BCUT2D eigenvalue weighted by atomic mass is 10.1. The lowest BCUT2D eigenvalue weighted by molar-refractivity contribution is 0.0806. The zero-order valence-electron chi connectivity index (χ0n) is 13.4. The molecule has 114 valence electrons. The number of β-amino-alcohol motifs (C(OH)–C–C–N with tert-alkyl or cyclic N) is 1. The maximum atomic E-state index is 10.2. The Labute approximate surface area is 119 Å². The molecule has 0 amide bonds. The molecule has 0 aromatic heterocycles. The van der Waals surface area contributed by atoms with Crippen LogP contribution in [-0.4, -0.2) is 72.4 Å². The molecular formula is C15H33N3O. The summed E-state index contributed by atoms with van der Waals surface area (Å²) < 4.78 is 0. The predicted octanol–water partition coefficient (Wildman–Crippen LogP) is 1.15. The number of hydrogen-bond acceptors (Lipinski definition) is 4. The molecule has 1 aliphatic heterocycles. The minimum atomic E-state index is -0.281. The number of nitrogens with one attached hydrogen (secondary N) is 1. The van der Waals surface area contributed by atoms with Gasteiger partial charge >= 0.3 is 0 Å². The third kappa shape index (κ3) is 6.70. The molecule has 0 bridgehead atoms. The monoisotopic (exact) mass is 271 g/mol. The average molecular weight is 271 g/mol. The molecule has 0 spiro atoms. The van der Waals surface area contributed by atoms with Crippen LogP contribution >= 0.6 is 0 Å². The third-order valence-electron chi connectivity index (χ3n) is 3.81. The standard InChI is InChI=1S/C15H33N3O/c1-6-13-11-17(5)8-7-9-18(13)12-14(19)10-16-15(2,3)4/h13-14,16,19H,6-12H2,1-5H3. The van der Waals surface area contributed by atoms with E-state index in [0.29, 0.717) is 12.6 Å². The fraction of sp³-hybridized carbons (Fsp3) is 1.00. The topological polar surface area (TPSA) is 38.7 Å². The molecule has 1 saturated heterocycles. The van der Waals surface area contributed by atoms with E-state index in [0.717, 1.165) is 26.1 Å². The first kappa shape index (κ1) is 16.9. The zero-order valence-corrected chi connectivity index (χ0v) is 13.4. The van der Waals surface area contributed by atoms with Crippen LogP contribution in [0.1, 0.15) is 40.5 Å². The van der Waals surface area contributed by atoms with E-state index >= 15 is 0 Å². The molecular weight excluding hydrogens is 238 g/mol. The van der Waals surface area contributed by atoms with Crippen LogP contribution in [0.3, 0.4) is 0 Å². The Hall–Kier alpha value is -0.160. The van der Waals surface area contributed by atoms with Crippen molar-refractivity contribution in [1.82, 2.24) is 15.1 Å². The highest BCUT2D eigenvalue weighted by Crippen LogP contribution is 2.12. The molecule has 0 aromatic carbocycles. The van der Waals surface area contributed by atoms with Crippen molar-refractivity contribution >= 4 is 0 Å². The fourth-order valence-corrected chi connectivity index (χ4v) is 2.68. The molecule has 2 atom stereocenters. The maximum Gasteiger partial charge on any atom is 0.0791 e. The first-order valence-electron chi connectivity index (χ1n) is 7.67. The Morgan fingerprint density at radius 3 is 2.58 bits per heavy atom. The van der Waals surface area contributed by atoms with Crippen molar-refractivity contribution in [3.8, 4) is 0 Å². The molecule has 1 fully saturated rings. The van der Waals surface area contributed by atoms with E-state index in [-0.39, 0.29) is 11.6 Å². The Kier molecular flexibility index (Phi) is 6.74. The highest BCUT2D eigenvalue weighted by Gasteiger charge is 2.24. The van der Waals surface area contributed by atoms with E-state index in [1.165, 1.54) is 13.0 Å². The molecule has 0 radical (unpaired) electrons. The van der Waals surface area contributed by atoms with Gasteiger partial charge in [-0.15, -0.1) is 0 Å². The molecule has 2 N–H and O–H groups in total. The molecule has 0 aliphatic carbocycles. The Morgan fingerprint density at radius 1 is 1.32 bits per heavy atom. The summed E-state index contributed by atoms with van der Waals surface area (Å²) in [5, 5.41) is 13.6. The minimum Gasteiger partial charge on any atom is -0.390 e. The molecule has 0 saturated carbocycles.